The van der Waals surface area contributed by atoms with Gasteiger partial charge < -0.3 is 10.3 Å². The van der Waals surface area contributed by atoms with Gasteiger partial charge in [0.1, 0.15) is 0 Å². The van der Waals surface area contributed by atoms with Gasteiger partial charge in [-0.05, 0) is 38.3 Å². The van der Waals surface area contributed by atoms with E-state index in [-0.39, 0.29) is 5.41 Å². The molecule has 0 unspecified atom stereocenters. The lowest BCUT2D eigenvalue weighted by Crippen LogP contribution is -2.07. The van der Waals surface area contributed by atoms with Crippen LogP contribution in [0.1, 0.15) is 38.7 Å². The zero-order valence-electron chi connectivity index (χ0n) is 10.2. The quantitative estimate of drug-likeness (QED) is 0.748. The Morgan fingerprint density at radius 1 is 1.44 bits per heavy atom. The summed E-state index contributed by atoms with van der Waals surface area (Å²) in [5.74, 6) is 0. The number of aromatic nitrogens is 1. The fourth-order valence-electron chi connectivity index (χ4n) is 1.67. The Bertz CT molecular complexity index is 357. The predicted molar refractivity (Wildman–Crippen MR) is 65.6 cm³/mol. The molecule has 0 spiro atoms. The van der Waals surface area contributed by atoms with Crippen LogP contribution < -0.4 is 5.73 Å². The fourth-order valence-corrected chi connectivity index (χ4v) is 1.67. The van der Waals surface area contributed by atoms with Crippen LogP contribution in [0.15, 0.2) is 18.5 Å². The molecule has 1 aromatic heterocycles. The Morgan fingerprint density at radius 2 is 2.19 bits per heavy atom. The molecule has 0 amide bonds. The molecule has 0 aliphatic carbocycles. The highest BCUT2D eigenvalue weighted by molar-refractivity contribution is 5.09. The zero-order chi connectivity index (χ0) is 12.0. The van der Waals surface area contributed by atoms with Gasteiger partial charge in [-0.15, -0.1) is 0 Å². The first-order valence-electron chi connectivity index (χ1n) is 5.83. The molecule has 3 heteroatoms. The molecule has 0 atom stereocenters. The van der Waals surface area contributed by atoms with Gasteiger partial charge in [0.05, 0.1) is 11.5 Å². The minimum Gasteiger partial charge on any atom is -0.354 e. The maximum absolute atomic E-state index is 8.88. The summed E-state index contributed by atoms with van der Waals surface area (Å²) in [6.07, 6.45) is 7.34. The van der Waals surface area contributed by atoms with Crippen LogP contribution >= 0.6 is 0 Å². The van der Waals surface area contributed by atoms with E-state index in [0.717, 1.165) is 25.8 Å². The molecule has 16 heavy (non-hydrogen) atoms. The minimum atomic E-state index is -0.181. The Balaban J connectivity index is 2.24. The van der Waals surface area contributed by atoms with Crippen molar-refractivity contribution in [2.45, 2.75) is 46.2 Å². The number of rotatable bonds is 6. The van der Waals surface area contributed by atoms with E-state index < -0.39 is 0 Å². The number of unbranched alkanes of at least 4 members (excludes halogenated alkanes) is 1. The van der Waals surface area contributed by atoms with Crippen molar-refractivity contribution >= 4 is 0 Å². The van der Waals surface area contributed by atoms with E-state index in [1.165, 1.54) is 5.56 Å². The number of aryl methyl sites for hydroxylation is 1. The van der Waals surface area contributed by atoms with Crippen LogP contribution in [0.25, 0.3) is 0 Å². The number of nitrogens with two attached hydrogens (primary N) is 1. The van der Waals surface area contributed by atoms with Gasteiger partial charge in [0.2, 0.25) is 0 Å². The lowest BCUT2D eigenvalue weighted by molar-refractivity contribution is 0.417. The number of hydrogen-bond donors (Lipinski definition) is 1. The summed E-state index contributed by atoms with van der Waals surface area (Å²) < 4.78 is 2.17. The third kappa shape index (κ3) is 4.08. The molecule has 0 aromatic carbocycles. The molecule has 1 aromatic rings. The molecule has 0 bridgehead atoms. The third-order valence-electron chi connectivity index (χ3n) is 2.82. The zero-order valence-corrected chi connectivity index (χ0v) is 10.2. The van der Waals surface area contributed by atoms with E-state index in [1.807, 2.05) is 13.8 Å². The van der Waals surface area contributed by atoms with E-state index >= 15 is 0 Å². The summed E-state index contributed by atoms with van der Waals surface area (Å²) in [5, 5.41) is 8.88. The average Bonchev–Trinajstić information content (AvgIpc) is 2.72. The largest absolute Gasteiger partial charge is 0.354 e. The Morgan fingerprint density at radius 3 is 2.75 bits per heavy atom. The summed E-state index contributed by atoms with van der Waals surface area (Å²) in [5.41, 5.74) is 6.54. The van der Waals surface area contributed by atoms with E-state index in [2.05, 4.69) is 29.1 Å². The second-order valence-electron chi connectivity index (χ2n) is 4.91. The van der Waals surface area contributed by atoms with Crippen molar-refractivity contribution in [3.63, 3.8) is 0 Å². The average molecular weight is 219 g/mol. The molecule has 88 valence electrons. The first-order chi connectivity index (χ1) is 7.57. The molecule has 0 aliphatic rings. The van der Waals surface area contributed by atoms with Crippen molar-refractivity contribution in [2.24, 2.45) is 11.1 Å². The van der Waals surface area contributed by atoms with Crippen molar-refractivity contribution in [3.05, 3.63) is 24.0 Å². The van der Waals surface area contributed by atoms with Gasteiger partial charge in [-0.2, -0.15) is 5.26 Å². The van der Waals surface area contributed by atoms with Crippen LogP contribution in [-0.4, -0.2) is 4.57 Å². The van der Waals surface area contributed by atoms with E-state index in [0.29, 0.717) is 6.54 Å². The molecule has 2 N–H and O–H groups in total. The van der Waals surface area contributed by atoms with E-state index in [9.17, 15) is 0 Å². The van der Waals surface area contributed by atoms with Gasteiger partial charge in [0.25, 0.3) is 0 Å². The monoisotopic (exact) mass is 219 g/mol. The highest BCUT2D eigenvalue weighted by atomic mass is 14.9. The number of hydrogen-bond acceptors (Lipinski definition) is 2. The van der Waals surface area contributed by atoms with Crippen molar-refractivity contribution in [1.29, 1.82) is 5.26 Å². The molecule has 0 saturated carbocycles. The fraction of sp³-hybridized carbons (Fsp3) is 0.615. The summed E-state index contributed by atoms with van der Waals surface area (Å²) in [4.78, 5) is 0. The number of nitrogens with zero attached hydrogens (tertiary/aromatic N) is 2. The van der Waals surface area contributed by atoms with Crippen molar-refractivity contribution in [2.75, 3.05) is 0 Å². The van der Waals surface area contributed by atoms with Gasteiger partial charge >= 0.3 is 0 Å². The molecular formula is C13H21N3. The number of nitriles is 1. The summed E-state index contributed by atoms with van der Waals surface area (Å²) in [6, 6.07) is 4.38. The maximum Gasteiger partial charge on any atom is 0.0683 e. The van der Waals surface area contributed by atoms with E-state index in [4.69, 9.17) is 11.0 Å². The maximum atomic E-state index is 8.88. The molecule has 1 rings (SSSR count). The van der Waals surface area contributed by atoms with Gasteiger partial charge in [-0.3, -0.25) is 0 Å². The highest BCUT2D eigenvalue weighted by Crippen LogP contribution is 2.21. The first-order valence-corrected chi connectivity index (χ1v) is 5.83. The van der Waals surface area contributed by atoms with Gasteiger partial charge in [-0.25, -0.2) is 0 Å². The van der Waals surface area contributed by atoms with Crippen LogP contribution in [0.5, 0.6) is 0 Å². The second-order valence-corrected chi connectivity index (χ2v) is 4.91. The van der Waals surface area contributed by atoms with Crippen molar-refractivity contribution in [1.82, 2.24) is 4.57 Å². The standard InChI is InChI=1S/C13H21N3/c1-13(2,11-15)6-3-4-7-16-8-5-12(9-14)10-16/h5,8,10H,3-4,6-7,9,14H2,1-2H3. The molecule has 0 saturated heterocycles. The van der Waals surface area contributed by atoms with Crippen molar-refractivity contribution < 1.29 is 0 Å². The first kappa shape index (κ1) is 12.8. The minimum absolute atomic E-state index is 0.181. The Hall–Kier alpha value is -1.27. The molecule has 1 heterocycles. The molecule has 3 nitrogen and oxygen atoms in total. The third-order valence-corrected chi connectivity index (χ3v) is 2.82. The SMILES string of the molecule is CC(C)(C#N)CCCCn1ccc(CN)c1. The Labute approximate surface area is 97.9 Å². The van der Waals surface area contributed by atoms with Crippen molar-refractivity contribution in [3.8, 4) is 6.07 Å². The van der Waals surface area contributed by atoms with Gasteiger partial charge in [-0.1, -0.05) is 6.42 Å². The summed E-state index contributed by atoms with van der Waals surface area (Å²) in [7, 11) is 0. The van der Waals surface area contributed by atoms with Crippen LogP contribution in [0, 0.1) is 16.7 Å². The molecule has 0 aliphatic heterocycles. The van der Waals surface area contributed by atoms with Gasteiger partial charge in [0, 0.05) is 25.5 Å². The van der Waals surface area contributed by atoms with Gasteiger partial charge in [0.15, 0.2) is 0 Å². The normalized spacial score (nSPS) is 11.4. The van der Waals surface area contributed by atoms with Crippen LogP contribution in [-0.2, 0) is 13.1 Å². The van der Waals surface area contributed by atoms with Crippen LogP contribution in [0.4, 0.5) is 0 Å². The van der Waals surface area contributed by atoms with E-state index in [1.54, 1.807) is 0 Å². The Kier molecular flexibility index (Phi) is 4.57. The highest BCUT2D eigenvalue weighted by Gasteiger charge is 2.15. The summed E-state index contributed by atoms with van der Waals surface area (Å²) in [6.45, 7) is 5.61. The molecule has 0 radical (unpaired) electrons. The topological polar surface area (TPSA) is 54.7 Å². The lowest BCUT2D eigenvalue weighted by atomic mass is 9.89. The molecular weight excluding hydrogens is 198 g/mol. The predicted octanol–water partition coefficient (Wildman–Crippen LogP) is 2.67. The van der Waals surface area contributed by atoms with Crippen LogP contribution in [0.2, 0.25) is 0 Å². The van der Waals surface area contributed by atoms with Crippen LogP contribution in [0.3, 0.4) is 0 Å². The molecule has 0 fully saturated rings. The second kappa shape index (κ2) is 5.72. The lowest BCUT2D eigenvalue weighted by Gasteiger charge is -2.14. The smallest absolute Gasteiger partial charge is 0.0683 e. The summed E-state index contributed by atoms with van der Waals surface area (Å²) >= 11 is 0.